The zero-order valence-electron chi connectivity index (χ0n) is 15.3. The monoisotopic (exact) mass is 370 g/mol. The van der Waals surface area contributed by atoms with E-state index in [0.717, 1.165) is 39.3 Å². The lowest BCUT2D eigenvalue weighted by Crippen LogP contribution is -2.23. The summed E-state index contributed by atoms with van der Waals surface area (Å²) in [5, 5.41) is 12.4. The molecule has 1 amide bonds. The molecule has 0 radical (unpaired) electrons. The van der Waals surface area contributed by atoms with Gasteiger partial charge in [0, 0.05) is 23.6 Å². The van der Waals surface area contributed by atoms with E-state index in [1.54, 1.807) is 11.9 Å². The van der Waals surface area contributed by atoms with Gasteiger partial charge in [-0.05, 0) is 42.0 Å². The third-order valence-corrected chi connectivity index (χ3v) is 5.09. The van der Waals surface area contributed by atoms with Crippen molar-refractivity contribution in [3.8, 4) is 11.4 Å². The zero-order valence-corrected chi connectivity index (χ0v) is 15.3. The summed E-state index contributed by atoms with van der Waals surface area (Å²) in [4.78, 5) is 14.0. The molecule has 1 aromatic heterocycles. The van der Waals surface area contributed by atoms with E-state index < -0.39 is 0 Å². The largest absolute Gasteiger partial charge is 0.497 e. The molecule has 1 atom stereocenters. The molecule has 0 saturated heterocycles. The number of ether oxygens (including phenoxy) is 1. The molecular weight excluding hydrogens is 352 g/mol. The first-order chi connectivity index (χ1) is 13.7. The third kappa shape index (κ3) is 2.70. The van der Waals surface area contributed by atoms with E-state index in [9.17, 15) is 4.79 Å². The Kier molecular flexibility index (Phi) is 3.83. The fraction of sp³-hybridized carbons (Fsp3) is 0.136. The minimum atomic E-state index is -0.108. The number of hydrogen-bond acceptors (Lipinski definition) is 4. The Morgan fingerprint density at radius 1 is 1.04 bits per heavy atom. The minimum absolute atomic E-state index is 0.00452. The normalized spacial score (nSPS) is 15.9. The van der Waals surface area contributed by atoms with Gasteiger partial charge in [0.25, 0.3) is 0 Å². The van der Waals surface area contributed by atoms with E-state index in [1.165, 1.54) is 0 Å². The Hall–Kier alpha value is -3.67. The van der Waals surface area contributed by atoms with Crippen LogP contribution in [0.15, 0.2) is 66.7 Å². The van der Waals surface area contributed by atoms with Gasteiger partial charge < -0.3 is 10.1 Å². The van der Waals surface area contributed by atoms with Crippen molar-refractivity contribution in [3.05, 3.63) is 77.9 Å². The van der Waals surface area contributed by atoms with Crippen LogP contribution in [0.1, 0.15) is 23.5 Å². The molecule has 3 aromatic carbocycles. The Labute approximate surface area is 161 Å². The number of carbonyl (C=O) groups is 1. The molecule has 0 aliphatic carbocycles. The van der Waals surface area contributed by atoms with Crippen LogP contribution in [-0.2, 0) is 4.79 Å². The summed E-state index contributed by atoms with van der Waals surface area (Å²) in [5.41, 5.74) is 5.30. The van der Waals surface area contributed by atoms with Gasteiger partial charge in [-0.3, -0.25) is 4.79 Å². The highest BCUT2D eigenvalue weighted by atomic mass is 16.5. The minimum Gasteiger partial charge on any atom is -0.497 e. The van der Waals surface area contributed by atoms with E-state index in [2.05, 4.69) is 10.4 Å². The van der Waals surface area contributed by atoms with Crippen molar-refractivity contribution in [1.29, 1.82) is 0 Å². The Morgan fingerprint density at radius 3 is 2.71 bits per heavy atom. The number of carbonyl (C=O) groups excluding carboxylic acids is 1. The molecule has 4 aromatic rings. The standard InChI is InChI=1S/C22H18N4O2/c1-28-16-9-5-6-14(12-16)17-13-20(27)23-18-10-11-19-22(21(17)18)25-26(24-19)15-7-3-2-4-8-15/h2-12,17H,13H2,1H3,(H,23,27). The molecule has 1 N–H and O–H groups in total. The van der Waals surface area contributed by atoms with Crippen molar-refractivity contribution < 1.29 is 9.53 Å². The first kappa shape index (κ1) is 16.5. The average molecular weight is 370 g/mol. The Morgan fingerprint density at radius 2 is 1.89 bits per heavy atom. The van der Waals surface area contributed by atoms with Crippen LogP contribution in [0.3, 0.4) is 0 Å². The number of hydrogen-bond donors (Lipinski definition) is 1. The van der Waals surface area contributed by atoms with Crippen LogP contribution in [-0.4, -0.2) is 28.0 Å². The van der Waals surface area contributed by atoms with Gasteiger partial charge in [-0.15, -0.1) is 10.2 Å². The molecule has 6 nitrogen and oxygen atoms in total. The molecule has 0 bridgehead atoms. The molecule has 0 spiro atoms. The van der Waals surface area contributed by atoms with E-state index in [-0.39, 0.29) is 11.8 Å². The molecule has 0 saturated carbocycles. The van der Waals surface area contributed by atoms with Crippen LogP contribution < -0.4 is 10.1 Å². The molecule has 0 fully saturated rings. The molecular formula is C22H18N4O2. The maximum absolute atomic E-state index is 12.3. The summed E-state index contributed by atoms with van der Waals surface area (Å²) in [6.45, 7) is 0. The quantitative estimate of drug-likeness (QED) is 0.594. The van der Waals surface area contributed by atoms with Gasteiger partial charge in [0.2, 0.25) is 5.91 Å². The molecule has 138 valence electrons. The number of rotatable bonds is 3. The van der Waals surface area contributed by atoms with Crippen molar-refractivity contribution >= 4 is 22.6 Å². The molecule has 5 rings (SSSR count). The number of nitrogens with zero attached hydrogens (tertiary/aromatic N) is 3. The van der Waals surface area contributed by atoms with Gasteiger partial charge in [-0.2, -0.15) is 4.80 Å². The fourth-order valence-corrected chi connectivity index (χ4v) is 3.77. The number of fused-ring (bicyclic) bond motifs is 3. The van der Waals surface area contributed by atoms with Crippen molar-refractivity contribution in [2.45, 2.75) is 12.3 Å². The van der Waals surface area contributed by atoms with Crippen molar-refractivity contribution in [1.82, 2.24) is 15.0 Å². The van der Waals surface area contributed by atoms with E-state index in [4.69, 9.17) is 9.84 Å². The van der Waals surface area contributed by atoms with Crippen molar-refractivity contribution in [3.63, 3.8) is 0 Å². The second-order valence-corrected chi connectivity index (χ2v) is 6.80. The number of benzene rings is 3. The van der Waals surface area contributed by atoms with Crippen molar-refractivity contribution in [2.24, 2.45) is 0 Å². The van der Waals surface area contributed by atoms with Crippen LogP contribution in [0.2, 0.25) is 0 Å². The molecule has 1 aliphatic rings. The molecule has 1 aliphatic heterocycles. The van der Waals surface area contributed by atoms with Gasteiger partial charge >= 0.3 is 0 Å². The fourth-order valence-electron chi connectivity index (χ4n) is 3.77. The van der Waals surface area contributed by atoms with Crippen LogP contribution >= 0.6 is 0 Å². The van der Waals surface area contributed by atoms with Gasteiger partial charge in [-0.25, -0.2) is 0 Å². The van der Waals surface area contributed by atoms with Gasteiger partial charge in [-0.1, -0.05) is 30.3 Å². The van der Waals surface area contributed by atoms with Crippen LogP contribution in [0.4, 0.5) is 5.69 Å². The van der Waals surface area contributed by atoms with E-state index >= 15 is 0 Å². The Balaban J connectivity index is 1.71. The average Bonchev–Trinajstić information content (AvgIpc) is 3.18. The maximum Gasteiger partial charge on any atom is 0.225 e. The predicted octanol–water partition coefficient (Wildman–Crippen LogP) is 3.90. The van der Waals surface area contributed by atoms with Crippen LogP contribution in [0.5, 0.6) is 5.75 Å². The summed E-state index contributed by atoms with van der Waals surface area (Å²) in [7, 11) is 1.64. The lowest BCUT2D eigenvalue weighted by molar-refractivity contribution is -0.116. The number of nitrogens with one attached hydrogen (secondary N) is 1. The SMILES string of the molecule is COc1cccc(C2CC(=O)Nc3ccc4nn(-c5ccccc5)nc4c32)c1. The summed E-state index contributed by atoms with van der Waals surface area (Å²) in [6.07, 6.45) is 0.359. The maximum atomic E-state index is 12.3. The molecule has 1 unspecified atom stereocenters. The second kappa shape index (κ2) is 6.49. The van der Waals surface area contributed by atoms with Crippen LogP contribution in [0, 0.1) is 0 Å². The number of anilines is 1. The van der Waals surface area contributed by atoms with Crippen LogP contribution in [0.25, 0.3) is 16.7 Å². The number of amides is 1. The zero-order chi connectivity index (χ0) is 19.1. The molecule has 6 heteroatoms. The summed E-state index contributed by atoms with van der Waals surface area (Å²) in [5.74, 6) is 0.656. The van der Waals surface area contributed by atoms with Crippen molar-refractivity contribution in [2.75, 3.05) is 12.4 Å². The summed E-state index contributed by atoms with van der Waals surface area (Å²) < 4.78 is 5.38. The number of methoxy groups -OCH3 is 1. The number of aromatic nitrogens is 3. The first-order valence-corrected chi connectivity index (χ1v) is 9.12. The third-order valence-electron chi connectivity index (χ3n) is 5.09. The van der Waals surface area contributed by atoms with Gasteiger partial charge in [0.1, 0.15) is 16.8 Å². The van der Waals surface area contributed by atoms with E-state index in [0.29, 0.717) is 6.42 Å². The summed E-state index contributed by atoms with van der Waals surface area (Å²) in [6, 6.07) is 21.5. The molecule has 2 heterocycles. The smallest absolute Gasteiger partial charge is 0.225 e. The topological polar surface area (TPSA) is 69.0 Å². The predicted molar refractivity (Wildman–Crippen MR) is 107 cm³/mol. The highest BCUT2D eigenvalue weighted by Crippen LogP contribution is 2.41. The lowest BCUT2D eigenvalue weighted by atomic mass is 9.84. The highest BCUT2D eigenvalue weighted by molar-refractivity contribution is 5.99. The first-order valence-electron chi connectivity index (χ1n) is 9.12. The van der Waals surface area contributed by atoms with Gasteiger partial charge in [0.15, 0.2) is 0 Å². The molecule has 28 heavy (non-hydrogen) atoms. The van der Waals surface area contributed by atoms with Gasteiger partial charge in [0.05, 0.1) is 12.8 Å². The second-order valence-electron chi connectivity index (χ2n) is 6.80. The lowest BCUT2D eigenvalue weighted by Gasteiger charge is -2.26. The summed E-state index contributed by atoms with van der Waals surface area (Å²) >= 11 is 0. The highest BCUT2D eigenvalue weighted by Gasteiger charge is 2.30. The Bertz CT molecular complexity index is 1180. The van der Waals surface area contributed by atoms with E-state index in [1.807, 2.05) is 66.7 Å². The number of para-hydroxylation sites is 1.